The van der Waals surface area contributed by atoms with E-state index in [1.54, 1.807) is 30.6 Å². The Morgan fingerprint density at radius 2 is 2.20 bits per heavy atom. The minimum Gasteiger partial charge on any atom is -0.467 e. The molecule has 0 bridgehead atoms. The molecule has 2 rings (SSSR count). The molecule has 1 amide bonds. The summed E-state index contributed by atoms with van der Waals surface area (Å²) in [5.41, 5.74) is 0. The number of hydrogen-bond acceptors (Lipinski definition) is 5. The second-order valence-corrected chi connectivity index (χ2v) is 7.03. The zero-order valence-corrected chi connectivity index (χ0v) is 12.4. The van der Waals surface area contributed by atoms with Crippen molar-refractivity contribution in [1.82, 2.24) is 9.62 Å². The molecular formula is C12H14N2O4S2. The zero-order valence-electron chi connectivity index (χ0n) is 10.8. The van der Waals surface area contributed by atoms with Crippen LogP contribution in [-0.4, -0.2) is 32.8 Å². The van der Waals surface area contributed by atoms with Crippen molar-refractivity contribution in [2.45, 2.75) is 10.8 Å². The van der Waals surface area contributed by atoms with Crippen molar-refractivity contribution < 1.29 is 17.6 Å². The van der Waals surface area contributed by atoms with Crippen LogP contribution in [0, 0.1) is 0 Å². The SMILES string of the molecule is CN(Cc1ccco1)C(=O)CNS(=O)(=O)c1cccs1. The van der Waals surface area contributed by atoms with Crippen LogP contribution in [0.25, 0.3) is 0 Å². The first-order valence-electron chi connectivity index (χ1n) is 5.78. The Hall–Kier alpha value is -1.64. The third-order valence-corrected chi connectivity index (χ3v) is 5.37. The van der Waals surface area contributed by atoms with Gasteiger partial charge >= 0.3 is 0 Å². The van der Waals surface area contributed by atoms with Crippen LogP contribution in [0.1, 0.15) is 5.76 Å². The largest absolute Gasteiger partial charge is 0.467 e. The lowest BCUT2D eigenvalue weighted by molar-refractivity contribution is -0.129. The molecule has 2 aromatic rings. The van der Waals surface area contributed by atoms with Crippen LogP contribution < -0.4 is 4.72 Å². The number of furan rings is 1. The molecule has 108 valence electrons. The summed E-state index contributed by atoms with van der Waals surface area (Å²) >= 11 is 1.10. The normalized spacial score (nSPS) is 11.4. The van der Waals surface area contributed by atoms with E-state index in [0.717, 1.165) is 11.3 Å². The highest BCUT2D eigenvalue weighted by molar-refractivity contribution is 7.91. The topological polar surface area (TPSA) is 79.6 Å². The number of amides is 1. The number of nitrogens with one attached hydrogen (secondary N) is 1. The Morgan fingerprint density at radius 3 is 2.80 bits per heavy atom. The van der Waals surface area contributed by atoms with Gasteiger partial charge in [-0.25, -0.2) is 13.1 Å². The monoisotopic (exact) mass is 314 g/mol. The van der Waals surface area contributed by atoms with E-state index in [1.807, 2.05) is 0 Å². The number of carbonyl (C=O) groups is 1. The van der Waals surface area contributed by atoms with Crippen LogP contribution in [0.3, 0.4) is 0 Å². The second-order valence-electron chi connectivity index (χ2n) is 4.09. The number of likely N-dealkylation sites (N-methyl/N-ethyl adjacent to an activating group) is 1. The molecular weight excluding hydrogens is 300 g/mol. The molecule has 0 radical (unpaired) electrons. The summed E-state index contributed by atoms with van der Waals surface area (Å²) in [7, 11) is -2.02. The first-order chi connectivity index (χ1) is 9.49. The maximum Gasteiger partial charge on any atom is 0.250 e. The van der Waals surface area contributed by atoms with E-state index in [4.69, 9.17) is 4.42 Å². The van der Waals surface area contributed by atoms with Gasteiger partial charge in [0.05, 0.1) is 19.4 Å². The lowest BCUT2D eigenvalue weighted by Crippen LogP contribution is -2.37. The van der Waals surface area contributed by atoms with Gasteiger partial charge in [-0.2, -0.15) is 0 Å². The number of rotatable bonds is 6. The fourth-order valence-corrected chi connectivity index (χ4v) is 3.52. The molecule has 0 spiro atoms. The van der Waals surface area contributed by atoms with Crippen molar-refractivity contribution in [3.8, 4) is 0 Å². The first-order valence-corrected chi connectivity index (χ1v) is 8.15. The fraction of sp³-hybridized carbons (Fsp3) is 0.250. The molecule has 0 aliphatic heterocycles. The van der Waals surface area contributed by atoms with E-state index < -0.39 is 10.0 Å². The van der Waals surface area contributed by atoms with Crippen molar-refractivity contribution in [1.29, 1.82) is 0 Å². The van der Waals surface area contributed by atoms with E-state index in [-0.39, 0.29) is 16.7 Å². The van der Waals surface area contributed by atoms with E-state index in [9.17, 15) is 13.2 Å². The maximum absolute atomic E-state index is 11.8. The standard InChI is InChI=1S/C12H14N2O4S2/c1-14(9-10-4-2-6-18-10)11(15)8-13-20(16,17)12-5-3-7-19-12/h2-7,13H,8-9H2,1H3. The van der Waals surface area contributed by atoms with Gasteiger partial charge in [0.15, 0.2) is 0 Å². The summed E-state index contributed by atoms with van der Waals surface area (Å²) in [4.78, 5) is 13.2. The lowest BCUT2D eigenvalue weighted by Gasteiger charge is -2.15. The van der Waals surface area contributed by atoms with Crippen molar-refractivity contribution in [2.75, 3.05) is 13.6 Å². The summed E-state index contributed by atoms with van der Waals surface area (Å²) < 4.78 is 31.3. The van der Waals surface area contributed by atoms with Crippen molar-refractivity contribution in [2.24, 2.45) is 0 Å². The average Bonchev–Trinajstić information content (AvgIpc) is 3.08. The van der Waals surface area contributed by atoms with Crippen molar-refractivity contribution in [3.05, 3.63) is 41.7 Å². The molecule has 8 heteroatoms. The Balaban J connectivity index is 1.89. The molecule has 0 aliphatic carbocycles. The van der Waals surface area contributed by atoms with Gasteiger partial charge in [0.2, 0.25) is 5.91 Å². The molecule has 2 aromatic heterocycles. The molecule has 0 saturated carbocycles. The first kappa shape index (κ1) is 14.8. The summed E-state index contributed by atoms with van der Waals surface area (Å²) in [6.45, 7) is 0.0179. The van der Waals surface area contributed by atoms with Gasteiger partial charge in [0.1, 0.15) is 9.97 Å². The number of carbonyl (C=O) groups excluding carboxylic acids is 1. The van der Waals surface area contributed by atoms with Crippen LogP contribution in [0.4, 0.5) is 0 Å². The molecule has 0 unspecified atom stereocenters. The van der Waals surface area contributed by atoms with Gasteiger partial charge < -0.3 is 9.32 Å². The number of thiophene rings is 1. The Morgan fingerprint density at radius 1 is 1.40 bits per heavy atom. The molecule has 2 heterocycles. The van der Waals surface area contributed by atoms with Crippen molar-refractivity contribution in [3.63, 3.8) is 0 Å². The van der Waals surface area contributed by atoms with Gasteiger partial charge in [-0.15, -0.1) is 11.3 Å². The van der Waals surface area contributed by atoms with Crippen LogP contribution in [0.2, 0.25) is 0 Å². The highest BCUT2D eigenvalue weighted by Crippen LogP contribution is 2.15. The van der Waals surface area contributed by atoms with Crippen molar-refractivity contribution >= 4 is 27.3 Å². The molecule has 0 aliphatic rings. The zero-order chi connectivity index (χ0) is 14.6. The predicted molar refractivity (Wildman–Crippen MR) is 74.7 cm³/mol. The van der Waals surface area contributed by atoms with E-state index >= 15 is 0 Å². The summed E-state index contributed by atoms with van der Waals surface area (Å²) in [6.07, 6.45) is 1.52. The molecule has 0 atom stereocenters. The van der Waals surface area contributed by atoms with Gasteiger partial charge in [0.25, 0.3) is 10.0 Å². The van der Waals surface area contributed by atoms with Gasteiger partial charge in [-0.1, -0.05) is 6.07 Å². The Kier molecular flexibility index (Phi) is 4.58. The number of nitrogens with zero attached hydrogens (tertiary/aromatic N) is 1. The average molecular weight is 314 g/mol. The number of hydrogen-bond donors (Lipinski definition) is 1. The molecule has 6 nitrogen and oxygen atoms in total. The third-order valence-electron chi connectivity index (χ3n) is 2.57. The van der Waals surface area contributed by atoms with Crippen LogP contribution in [0.15, 0.2) is 44.5 Å². The second kappa shape index (κ2) is 6.21. The third kappa shape index (κ3) is 3.69. The Bertz CT molecular complexity index is 648. The lowest BCUT2D eigenvalue weighted by atomic mass is 10.4. The highest BCUT2D eigenvalue weighted by atomic mass is 32.2. The van der Waals surface area contributed by atoms with Gasteiger partial charge in [-0.05, 0) is 23.6 Å². The highest BCUT2D eigenvalue weighted by Gasteiger charge is 2.18. The van der Waals surface area contributed by atoms with E-state index in [1.165, 1.54) is 17.2 Å². The summed E-state index contributed by atoms with van der Waals surface area (Å²) in [5, 5.41) is 1.67. The molecule has 1 N–H and O–H groups in total. The molecule has 0 aromatic carbocycles. The smallest absolute Gasteiger partial charge is 0.250 e. The van der Waals surface area contributed by atoms with Crippen LogP contribution >= 0.6 is 11.3 Å². The fourth-order valence-electron chi connectivity index (χ4n) is 1.50. The van der Waals surface area contributed by atoms with E-state index in [0.29, 0.717) is 12.3 Å². The van der Waals surface area contributed by atoms with Gasteiger partial charge in [0, 0.05) is 7.05 Å². The summed E-state index contributed by atoms with van der Waals surface area (Å²) in [6, 6.07) is 6.61. The minimum absolute atomic E-state index is 0.194. The van der Waals surface area contributed by atoms with E-state index in [2.05, 4.69) is 4.72 Å². The number of sulfonamides is 1. The van der Waals surface area contributed by atoms with Crippen LogP contribution in [-0.2, 0) is 21.4 Å². The summed E-state index contributed by atoms with van der Waals surface area (Å²) in [5.74, 6) is 0.309. The van der Waals surface area contributed by atoms with Gasteiger partial charge in [-0.3, -0.25) is 4.79 Å². The molecule has 0 saturated heterocycles. The Labute approximate surface area is 121 Å². The predicted octanol–water partition coefficient (Wildman–Crippen LogP) is 1.28. The van der Waals surface area contributed by atoms with Crippen LogP contribution in [0.5, 0.6) is 0 Å². The molecule has 0 fully saturated rings. The maximum atomic E-state index is 11.8. The minimum atomic E-state index is -3.61. The quantitative estimate of drug-likeness (QED) is 0.871. The molecule has 20 heavy (non-hydrogen) atoms.